The molecule has 208 valence electrons. The predicted molar refractivity (Wildman–Crippen MR) is 148 cm³/mol. The number of ether oxygens (including phenoxy) is 4. The third kappa shape index (κ3) is 7.19. The van der Waals surface area contributed by atoms with Crippen LogP contribution in [0.2, 0.25) is 0 Å². The maximum absolute atomic E-state index is 13.4. The minimum Gasteiger partial charge on any atom is -0.493 e. The van der Waals surface area contributed by atoms with Gasteiger partial charge in [0.1, 0.15) is 5.57 Å². The van der Waals surface area contributed by atoms with Gasteiger partial charge in [-0.2, -0.15) is 0 Å². The Morgan fingerprint density at radius 3 is 2.33 bits per heavy atom. The molecule has 2 aromatic carbocycles. The van der Waals surface area contributed by atoms with Crippen LogP contribution in [0.3, 0.4) is 0 Å². The first-order valence-corrected chi connectivity index (χ1v) is 13.1. The number of benzene rings is 2. The Bertz CT molecular complexity index is 1250. The van der Waals surface area contributed by atoms with E-state index < -0.39 is 17.8 Å². The maximum Gasteiger partial charge on any atom is 0.331 e. The fraction of sp³-hybridized carbons (Fsp3) is 0.367. The molecule has 2 aromatic rings. The Morgan fingerprint density at radius 2 is 1.67 bits per heavy atom. The average molecular weight is 537 g/mol. The van der Waals surface area contributed by atoms with Gasteiger partial charge in [0, 0.05) is 5.56 Å². The van der Waals surface area contributed by atoms with Crippen molar-refractivity contribution >= 4 is 23.9 Å². The molecule has 0 saturated carbocycles. The van der Waals surface area contributed by atoms with Crippen molar-refractivity contribution in [2.45, 2.75) is 46.6 Å². The highest BCUT2D eigenvalue weighted by Crippen LogP contribution is 2.35. The van der Waals surface area contributed by atoms with Gasteiger partial charge in [-0.05, 0) is 67.7 Å². The van der Waals surface area contributed by atoms with Gasteiger partial charge >= 0.3 is 6.03 Å². The third-order valence-corrected chi connectivity index (χ3v) is 5.80. The first-order chi connectivity index (χ1) is 18.9. The van der Waals surface area contributed by atoms with Gasteiger partial charge in [0.05, 0.1) is 33.5 Å². The molecule has 1 saturated heterocycles. The van der Waals surface area contributed by atoms with E-state index in [4.69, 9.17) is 18.9 Å². The van der Waals surface area contributed by atoms with Crippen molar-refractivity contribution < 1.29 is 33.3 Å². The molecule has 1 N–H and O–H groups in total. The number of imide groups is 2. The summed E-state index contributed by atoms with van der Waals surface area (Å²) in [5.74, 6) is 0.699. The Kier molecular flexibility index (Phi) is 10.5. The highest BCUT2D eigenvalue weighted by molar-refractivity contribution is 6.31. The molecule has 0 radical (unpaired) electrons. The zero-order valence-electron chi connectivity index (χ0n) is 23.0. The minimum atomic E-state index is -0.793. The van der Waals surface area contributed by atoms with Crippen LogP contribution in [0.4, 0.5) is 4.79 Å². The van der Waals surface area contributed by atoms with Gasteiger partial charge in [-0.1, -0.05) is 26.0 Å². The van der Waals surface area contributed by atoms with Gasteiger partial charge in [-0.25, -0.2) is 4.79 Å². The SMILES string of the molecule is C=CCc1cc(/C=C2\C(=O)NC(=O)N(Cc3ccc(OCCC)c(OC)c3)C2=O)cc(OCC)c1OCCC. The summed E-state index contributed by atoms with van der Waals surface area (Å²) in [5, 5.41) is 2.27. The molecule has 0 atom stereocenters. The van der Waals surface area contributed by atoms with Crippen LogP contribution in [-0.4, -0.2) is 49.7 Å². The first kappa shape index (κ1) is 29.3. The van der Waals surface area contributed by atoms with E-state index in [1.807, 2.05) is 26.8 Å². The predicted octanol–water partition coefficient (Wildman–Crippen LogP) is 5.06. The number of carbonyl (C=O) groups is 3. The van der Waals surface area contributed by atoms with Gasteiger partial charge in [-0.15, -0.1) is 6.58 Å². The summed E-state index contributed by atoms with van der Waals surface area (Å²) in [6.07, 6.45) is 5.36. The Hall–Kier alpha value is -4.27. The van der Waals surface area contributed by atoms with Crippen molar-refractivity contribution in [3.63, 3.8) is 0 Å². The van der Waals surface area contributed by atoms with E-state index in [1.54, 1.807) is 30.3 Å². The molecule has 3 rings (SSSR count). The molecule has 0 bridgehead atoms. The topological polar surface area (TPSA) is 103 Å². The Labute approximate surface area is 229 Å². The molecule has 39 heavy (non-hydrogen) atoms. The number of amides is 4. The highest BCUT2D eigenvalue weighted by atomic mass is 16.5. The molecular weight excluding hydrogens is 500 g/mol. The van der Waals surface area contributed by atoms with Gasteiger partial charge in [0.15, 0.2) is 23.0 Å². The smallest absolute Gasteiger partial charge is 0.331 e. The standard InChI is InChI=1S/C30H36N2O7/c1-6-10-22-15-21(18-26(37-9-4)27(22)39-14-8-3)16-23-28(33)31-30(35)32(29(23)34)19-20-11-12-24(38-13-7-2)25(17-20)36-5/h6,11-12,15-18H,1,7-10,13-14,19H2,2-5H3,(H,31,33,35)/b23-16+. The van der Waals surface area contributed by atoms with E-state index >= 15 is 0 Å². The van der Waals surface area contributed by atoms with Crippen molar-refractivity contribution in [1.29, 1.82) is 0 Å². The lowest BCUT2D eigenvalue weighted by Gasteiger charge is -2.26. The lowest BCUT2D eigenvalue weighted by molar-refractivity contribution is -0.130. The molecule has 1 fully saturated rings. The number of urea groups is 1. The van der Waals surface area contributed by atoms with Crippen molar-refractivity contribution in [1.82, 2.24) is 10.2 Å². The van der Waals surface area contributed by atoms with Crippen LogP contribution in [0, 0.1) is 0 Å². The molecule has 9 nitrogen and oxygen atoms in total. The summed E-state index contributed by atoms with van der Waals surface area (Å²) >= 11 is 0. The highest BCUT2D eigenvalue weighted by Gasteiger charge is 2.36. The van der Waals surface area contributed by atoms with Gasteiger partial charge in [0.25, 0.3) is 11.8 Å². The number of carbonyl (C=O) groups excluding carboxylic acids is 3. The van der Waals surface area contributed by atoms with Crippen LogP contribution in [0.15, 0.2) is 48.6 Å². The fourth-order valence-electron chi connectivity index (χ4n) is 4.03. The summed E-state index contributed by atoms with van der Waals surface area (Å²) < 4.78 is 22.9. The molecule has 9 heteroatoms. The molecule has 1 heterocycles. The quantitative estimate of drug-likeness (QED) is 0.204. The second-order valence-electron chi connectivity index (χ2n) is 8.82. The van der Waals surface area contributed by atoms with E-state index in [9.17, 15) is 14.4 Å². The van der Waals surface area contributed by atoms with E-state index in [2.05, 4.69) is 11.9 Å². The molecule has 0 spiro atoms. The van der Waals surface area contributed by atoms with E-state index in [-0.39, 0.29) is 12.1 Å². The summed E-state index contributed by atoms with van der Waals surface area (Å²) in [7, 11) is 1.52. The number of rotatable bonds is 14. The number of barbiturate groups is 1. The fourth-order valence-corrected chi connectivity index (χ4v) is 4.03. The maximum atomic E-state index is 13.4. The number of hydrogen-bond acceptors (Lipinski definition) is 7. The Balaban J connectivity index is 1.95. The summed E-state index contributed by atoms with van der Waals surface area (Å²) in [5.41, 5.74) is 1.84. The van der Waals surface area contributed by atoms with Crippen molar-refractivity contribution in [3.8, 4) is 23.0 Å². The lowest BCUT2D eigenvalue weighted by atomic mass is 10.0. The van der Waals surface area contributed by atoms with Crippen molar-refractivity contribution in [2.75, 3.05) is 26.9 Å². The van der Waals surface area contributed by atoms with Crippen LogP contribution in [0.1, 0.15) is 50.3 Å². The lowest BCUT2D eigenvalue weighted by Crippen LogP contribution is -2.53. The Morgan fingerprint density at radius 1 is 0.923 bits per heavy atom. The summed E-state index contributed by atoms with van der Waals surface area (Å²) in [6, 6.07) is 7.93. The zero-order chi connectivity index (χ0) is 28.4. The normalized spacial score (nSPS) is 14.3. The number of allylic oxidation sites excluding steroid dienone is 1. The van der Waals surface area contributed by atoms with Crippen LogP contribution in [0.25, 0.3) is 6.08 Å². The van der Waals surface area contributed by atoms with Crippen LogP contribution in [-0.2, 0) is 22.6 Å². The van der Waals surface area contributed by atoms with E-state index in [0.717, 1.165) is 23.3 Å². The molecule has 0 unspecified atom stereocenters. The molecular formula is C30H36N2O7. The zero-order valence-corrected chi connectivity index (χ0v) is 23.0. The largest absolute Gasteiger partial charge is 0.493 e. The van der Waals surface area contributed by atoms with Crippen LogP contribution >= 0.6 is 0 Å². The molecule has 1 aliphatic rings. The number of hydrogen-bond donors (Lipinski definition) is 1. The molecule has 0 aromatic heterocycles. The third-order valence-electron chi connectivity index (χ3n) is 5.80. The van der Waals surface area contributed by atoms with Crippen molar-refractivity contribution in [3.05, 3.63) is 65.3 Å². The minimum absolute atomic E-state index is 0.0601. The van der Waals surface area contributed by atoms with Gasteiger partial charge < -0.3 is 18.9 Å². The second kappa shape index (κ2) is 14.0. The van der Waals surface area contributed by atoms with Crippen LogP contribution < -0.4 is 24.3 Å². The van der Waals surface area contributed by atoms with Gasteiger partial charge in [0.2, 0.25) is 0 Å². The number of methoxy groups -OCH3 is 1. The molecule has 4 amide bonds. The first-order valence-electron chi connectivity index (χ1n) is 13.1. The summed E-state index contributed by atoms with van der Waals surface area (Å²) in [6.45, 7) is 11.1. The number of nitrogens with one attached hydrogen (secondary N) is 1. The van der Waals surface area contributed by atoms with E-state index in [1.165, 1.54) is 13.2 Å². The van der Waals surface area contributed by atoms with Gasteiger partial charge in [-0.3, -0.25) is 19.8 Å². The second-order valence-corrected chi connectivity index (χ2v) is 8.82. The molecule has 1 aliphatic heterocycles. The average Bonchev–Trinajstić information content (AvgIpc) is 2.92. The van der Waals surface area contributed by atoms with E-state index in [0.29, 0.717) is 60.4 Å². The summed E-state index contributed by atoms with van der Waals surface area (Å²) in [4.78, 5) is 39.8. The van der Waals surface area contributed by atoms with Crippen molar-refractivity contribution in [2.24, 2.45) is 0 Å². The number of nitrogens with zero attached hydrogens (tertiary/aromatic N) is 1. The monoisotopic (exact) mass is 536 g/mol. The molecule has 0 aliphatic carbocycles. The van der Waals surface area contributed by atoms with Crippen LogP contribution in [0.5, 0.6) is 23.0 Å².